The zero-order valence-corrected chi connectivity index (χ0v) is 16.5. The van der Waals surface area contributed by atoms with Crippen molar-refractivity contribution in [2.24, 2.45) is 0 Å². The van der Waals surface area contributed by atoms with Crippen molar-refractivity contribution in [3.8, 4) is 5.75 Å². The summed E-state index contributed by atoms with van der Waals surface area (Å²) in [4.78, 5) is 24.1. The van der Waals surface area contributed by atoms with Crippen LogP contribution in [-0.4, -0.2) is 79.1 Å². The normalized spacial score (nSPS) is 20.2. The van der Waals surface area contributed by atoms with Crippen molar-refractivity contribution >= 4 is 23.0 Å². The number of benzene rings is 1. The van der Waals surface area contributed by atoms with Gasteiger partial charge < -0.3 is 24.8 Å². The Bertz CT molecular complexity index is 905. The Balaban J connectivity index is 1.62. The van der Waals surface area contributed by atoms with E-state index in [9.17, 15) is 19.8 Å². The number of carboxylic acid groups (broad SMARTS) is 1. The summed E-state index contributed by atoms with van der Waals surface area (Å²) >= 11 is 0. The molecule has 158 valence electrons. The van der Waals surface area contributed by atoms with Gasteiger partial charge in [-0.1, -0.05) is 0 Å². The van der Waals surface area contributed by atoms with E-state index in [4.69, 9.17) is 14.6 Å². The molecule has 10 heteroatoms. The average molecular weight is 407 g/mol. The number of amides is 1. The minimum Gasteiger partial charge on any atom is -0.490 e. The molecule has 1 aliphatic heterocycles. The second kappa shape index (κ2) is 7.88. The number of carbonyl (C=O) groups is 2. The topological polar surface area (TPSA) is 134 Å². The van der Waals surface area contributed by atoms with Crippen molar-refractivity contribution < 1.29 is 34.4 Å². The number of rotatable bonds is 6. The van der Waals surface area contributed by atoms with Gasteiger partial charge in [-0.05, 0) is 39.0 Å². The number of aliphatic hydroxyl groups excluding tert-OH is 2. The predicted octanol–water partition coefficient (Wildman–Crippen LogP) is 0.841. The van der Waals surface area contributed by atoms with Gasteiger partial charge in [0.05, 0.1) is 30.8 Å². The number of hydrogen-bond acceptors (Lipinski definition) is 7. The Morgan fingerprint density at radius 3 is 2.69 bits per heavy atom. The summed E-state index contributed by atoms with van der Waals surface area (Å²) in [5, 5.41) is 33.9. The van der Waals surface area contributed by atoms with Crippen molar-refractivity contribution in [2.45, 2.75) is 51.2 Å². The molecule has 1 fully saturated rings. The monoisotopic (exact) mass is 407 g/mol. The average Bonchev–Trinajstić information content (AvgIpc) is 3.02. The van der Waals surface area contributed by atoms with Gasteiger partial charge in [0.15, 0.2) is 6.10 Å². The van der Waals surface area contributed by atoms with E-state index in [0.717, 1.165) is 5.39 Å². The molecule has 0 bridgehead atoms. The zero-order valence-electron chi connectivity index (χ0n) is 16.5. The first-order valence-corrected chi connectivity index (χ1v) is 9.22. The van der Waals surface area contributed by atoms with Crippen LogP contribution in [-0.2, 0) is 16.1 Å². The van der Waals surface area contributed by atoms with Gasteiger partial charge in [0.1, 0.15) is 18.0 Å². The molecule has 3 atom stereocenters. The molecule has 0 radical (unpaired) electrons. The third-order valence-electron chi connectivity index (χ3n) is 4.46. The number of nitrogens with zero attached hydrogens (tertiary/aromatic N) is 3. The summed E-state index contributed by atoms with van der Waals surface area (Å²) in [6.07, 6.45) is -1.48. The van der Waals surface area contributed by atoms with Crippen LogP contribution in [0.3, 0.4) is 0 Å². The smallest absolute Gasteiger partial charge is 0.407 e. The highest BCUT2D eigenvalue weighted by molar-refractivity contribution is 5.79. The van der Waals surface area contributed by atoms with Gasteiger partial charge in [0, 0.05) is 11.6 Å². The van der Waals surface area contributed by atoms with E-state index in [1.165, 1.54) is 4.90 Å². The molecule has 1 saturated heterocycles. The summed E-state index contributed by atoms with van der Waals surface area (Å²) in [6, 6.07) is 4.53. The van der Waals surface area contributed by atoms with Gasteiger partial charge >= 0.3 is 12.1 Å². The van der Waals surface area contributed by atoms with E-state index in [2.05, 4.69) is 5.10 Å². The third kappa shape index (κ3) is 4.96. The molecule has 1 aromatic heterocycles. The second-order valence-electron chi connectivity index (χ2n) is 8.00. The molecule has 3 rings (SSSR count). The standard InChI is InChI=1S/C19H25N3O7/c1-19(2,3)29-17(25)16(24)10-28-12-4-5-13-11(6-12)7-21(20-13)8-14-15(23)9-22(14)18(26)27/h4-7,14-16,23-24H,8-10H2,1-3H3,(H,26,27). The van der Waals surface area contributed by atoms with Crippen LogP contribution in [0.4, 0.5) is 4.79 Å². The molecule has 1 aliphatic rings. The molecule has 0 aliphatic carbocycles. The van der Waals surface area contributed by atoms with Gasteiger partial charge in [-0.25, -0.2) is 9.59 Å². The van der Waals surface area contributed by atoms with Crippen molar-refractivity contribution in [1.29, 1.82) is 0 Å². The van der Waals surface area contributed by atoms with Gasteiger partial charge in [0.2, 0.25) is 0 Å². The molecule has 10 nitrogen and oxygen atoms in total. The van der Waals surface area contributed by atoms with E-state index in [1.54, 1.807) is 49.8 Å². The minimum absolute atomic E-state index is 0.0960. The molecule has 2 heterocycles. The summed E-state index contributed by atoms with van der Waals surface area (Å²) in [5.74, 6) is -0.316. The SMILES string of the molecule is CC(C)(C)OC(=O)C(O)COc1ccc2nn(CC3C(O)CN3C(=O)O)cc2c1. The fourth-order valence-corrected chi connectivity index (χ4v) is 3.01. The van der Waals surface area contributed by atoms with Crippen LogP contribution in [0.15, 0.2) is 24.4 Å². The van der Waals surface area contributed by atoms with E-state index >= 15 is 0 Å². The Labute approximate surface area is 167 Å². The van der Waals surface area contributed by atoms with Crippen molar-refractivity contribution in [3.63, 3.8) is 0 Å². The van der Waals surface area contributed by atoms with Crippen LogP contribution in [0.1, 0.15) is 20.8 Å². The summed E-state index contributed by atoms with van der Waals surface area (Å²) in [5.41, 5.74) is -0.0313. The molecule has 1 aromatic carbocycles. The van der Waals surface area contributed by atoms with Crippen LogP contribution >= 0.6 is 0 Å². The summed E-state index contributed by atoms with van der Waals surface area (Å²) in [7, 11) is 0. The number of fused-ring (bicyclic) bond motifs is 1. The number of β-amino-alcohol motifs (C(OH)–C–C–N with tert-alkyl or cyclic N) is 1. The van der Waals surface area contributed by atoms with Crippen LogP contribution in [0.25, 0.3) is 10.9 Å². The number of ether oxygens (including phenoxy) is 2. The molecule has 3 unspecified atom stereocenters. The lowest BCUT2D eigenvalue weighted by Gasteiger charge is -2.43. The lowest BCUT2D eigenvalue weighted by atomic mass is 10.0. The van der Waals surface area contributed by atoms with Gasteiger partial charge in [-0.2, -0.15) is 5.10 Å². The molecular weight excluding hydrogens is 382 g/mol. The maximum Gasteiger partial charge on any atom is 0.407 e. The highest BCUT2D eigenvalue weighted by Crippen LogP contribution is 2.23. The molecule has 29 heavy (non-hydrogen) atoms. The van der Waals surface area contributed by atoms with Crippen LogP contribution in [0.5, 0.6) is 5.75 Å². The summed E-state index contributed by atoms with van der Waals surface area (Å²) in [6.45, 7) is 5.21. The lowest BCUT2D eigenvalue weighted by Crippen LogP contribution is -2.63. The Morgan fingerprint density at radius 2 is 2.07 bits per heavy atom. The molecule has 2 aromatic rings. The fraction of sp³-hybridized carbons (Fsp3) is 0.526. The van der Waals surface area contributed by atoms with Crippen LogP contribution in [0.2, 0.25) is 0 Å². The minimum atomic E-state index is -1.41. The number of carbonyl (C=O) groups excluding carboxylic acids is 1. The van der Waals surface area contributed by atoms with Crippen LogP contribution in [0, 0.1) is 0 Å². The zero-order chi connectivity index (χ0) is 21.3. The van der Waals surface area contributed by atoms with Crippen molar-refractivity contribution in [1.82, 2.24) is 14.7 Å². The van der Waals surface area contributed by atoms with E-state index < -0.39 is 35.9 Å². The highest BCUT2D eigenvalue weighted by atomic mass is 16.6. The number of aromatic nitrogens is 2. The molecule has 0 saturated carbocycles. The highest BCUT2D eigenvalue weighted by Gasteiger charge is 2.41. The quantitative estimate of drug-likeness (QED) is 0.600. The van der Waals surface area contributed by atoms with Gasteiger partial charge in [0.25, 0.3) is 0 Å². The first-order valence-electron chi connectivity index (χ1n) is 9.22. The van der Waals surface area contributed by atoms with Gasteiger partial charge in [-0.3, -0.25) is 9.58 Å². The lowest BCUT2D eigenvalue weighted by molar-refractivity contribution is -0.166. The predicted molar refractivity (Wildman–Crippen MR) is 102 cm³/mol. The largest absolute Gasteiger partial charge is 0.490 e. The van der Waals surface area contributed by atoms with Crippen LogP contribution < -0.4 is 4.74 Å². The Kier molecular flexibility index (Phi) is 5.67. The van der Waals surface area contributed by atoms with Crippen molar-refractivity contribution in [3.05, 3.63) is 24.4 Å². The number of likely N-dealkylation sites (tertiary alicyclic amines) is 1. The third-order valence-corrected chi connectivity index (χ3v) is 4.46. The van der Waals surface area contributed by atoms with Crippen molar-refractivity contribution in [2.75, 3.05) is 13.2 Å². The summed E-state index contributed by atoms with van der Waals surface area (Å²) < 4.78 is 12.2. The first kappa shape index (κ1) is 20.9. The number of esters is 1. The van der Waals surface area contributed by atoms with E-state index in [0.29, 0.717) is 11.3 Å². The molecule has 3 N–H and O–H groups in total. The Morgan fingerprint density at radius 1 is 1.34 bits per heavy atom. The Hall–Kier alpha value is -2.85. The first-order chi connectivity index (χ1) is 13.5. The molecule has 1 amide bonds. The van der Waals surface area contributed by atoms with Gasteiger partial charge in [-0.15, -0.1) is 0 Å². The molecule has 0 spiro atoms. The van der Waals surface area contributed by atoms with E-state index in [-0.39, 0.29) is 19.7 Å². The number of hydrogen-bond donors (Lipinski definition) is 3. The maximum absolute atomic E-state index is 11.8. The fourth-order valence-electron chi connectivity index (χ4n) is 3.01. The second-order valence-corrected chi connectivity index (χ2v) is 8.00. The van der Waals surface area contributed by atoms with E-state index in [1.807, 2.05) is 0 Å². The maximum atomic E-state index is 11.8. The number of aliphatic hydroxyl groups is 2. The molecular formula is C19H25N3O7.